The zero-order valence-electron chi connectivity index (χ0n) is 6.34. The van der Waals surface area contributed by atoms with Crippen molar-refractivity contribution in [1.29, 1.82) is 0 Å². The van der Waals surface area contributed by atoms with Crippen LogP contribution in [0, 0.1) is 6.92 Å². The van der Waals surface area contributed by atoms with Gasteiger partial charge in [0.05, 0.1) is 11.2 Å². The lowest BCUT2D eigenvalue weighted by Gasteiger charge is -1.94. The number of H-pyrrole nitrogens is 1. The number of aromatic nitrogens is 3. The van der Waals surface area contributed by atoms with Gasteiger partial charge in [0, 0.05) is 11.9 Å². The summed E-state index contributed by atoms with van der Waals surface area (Å²) in [6.45, 7) is 1.79. The first-order valence-electron chi connectivity index (χ1n) is 3.41. The molecule has 2 aromatic heterocycles. The molecule has 0 bridgehead atoms. The Labute approximate surface area is 72.8 Å². The van der Waals surface area contributed by atoms with E-state index in [0.717, 1.165) is 5.69 Å². The molecule has 5 heteroatoms. The highest BCUT2D eigenvalue weighted by Crippen LogP contribution is 2.11. The summed E-state index contributed by atoms with van der Waals surface area (Å²) in [6, 6.07) is 0. The summed E-state index contributed by atoms with van der Waals surface area (Å²) in [5.41, 5.74) is 0.937. The Morgan fingerprint density at radius 2 is 2.42 bits per heavy atom. The Balaban J connectivity index is 3.03. The van der Waals surface area contributed by atoms with Gasteiger partial charge in [0.2, 0.25) is 0 Å². The first kappa shape index (κ1) is 7.36. The predicted molar refractivity (Wildman–Crippen MR) is 45.6 cm³/mol. The standard InChI is InChI=1S/C7H6ClN3O/c1-4-3-11-6(7(12)10-4)5(8)2-9-11/h2-3H,1H3,(H,10,12). The van der Waals surface area contributed by atoms with Gasteiger partial charge in [0.25, 0.3) is 5.56 Å². The van der Waals surface area contributed by atoms with Gasteiger partial charge in [-0.15, -0.1) is 0 Å². The van der Waals surface area contributed by atoms with Crippen molar-refractivity contribution in [2.45, 2.75) is 6.92 Å². The summed E-state index contributed by atoms with van der Waals surface area (Å²) >= 11 is 5.73. The van der Waals surface area contributed by atoms with Crippen molar-refractivity contribution < 1.29 is 0 Å². The number of aromatic amines is 1. The number of rotatable bonds is 0. The lowest BCUT2D eigenvalue weighted by molar-refractivity contribution is 0.916. The van der Waals surface area contributed by atoms with E-state index in [1.807, 2.05) is 0 Å². The van der Waals surface area contributed by atoms with Crippen LogP contribution >= 0.6 is 11.6 Å². The number of hydrogen-bond donors (Lipinski definition) is 1. The molecule has 0 amide bonds. The molecule has 12 heavy (non-hydrogen) atoms. The fourth-order valence-electron chi connectivity index (χ4n) is 1.11. The molecule has 2 rings (SSSR count). The number of nitrogens with one attached hydrogen (secondary N) is 1. The van der Waals surface area contributed by atoms with Crippen molar-refractivity contribution in [2.24, 2.45) is 0 Å². The molecule has 0 aliphatic heterocycles. The van der Waals surface area contributed by atoms with Crippen LogP contribution in [0.4, 0.5) is 0 Å². The lowest BCUT2D eigenvalue weighted by Crippen LogP contribution is -2.11. The summed E-state index contributed by atoms with van der Waals surface area (Å²) in [7, 11) is 0. The van der Waals surface area contributed by atoms with Crippen LogP contribution in [0.1, 0.15) is 5.69 Å². The quantitative estimate of drug-likeness (QED) is 0.662. The summed E-state index contributed by atoms with van der Waals surface area (Å²) in [5, 5.41) is 4.28. The van der Waals surface area contributed by atoms with Crippen LogP contribution in [0.25, 0.3) is 5.52 Å². The van der Waals surface area contributed by atoms with E-state index in [2.05, 4.69) is 10.1 Å². The van der Waals surface area contributed by atoms with Gasteiger partial charge in [-0.05, 0) is 6.92 Å². The summed E-state index contributed by atoms with van der Waals surface area (Å²) in [4.78, 5) is 13.9. The van der Waals surface area contributed by atoms with Gasteiger partial charge in [0.1, 0.15) is 5.52 Å². The van der Waals surface area contributed by atoms with Crippen molar-refractivity contribution in [3.63, 3.8) is 0 Å². The largest absolute Gasteiger partial charge is 0.323 e. The number of halogens is 1. The van der Waals surface area contributed by atoms with Gasteiger partial charge in [0.15, 0.2) is 0 Å². The van der Waals surface area contributed by atoms with E-state index in [1.165, 1.54) is 10.7 Å². The van der Waals surface area contributed by atoms with Crippen LogP contribution in [-0.2, 0) is 0 Å². The highest BCUT2D eigenvalue weighted by molar-refractivity contribution is 6.33. The summed E-state index contributed by atoms with van der Waals surface area (Å²) < 4.78 is 1.47. The Morgan fingerprint density at radius 1 is 1.67 bits per heavy atom. The average Bonchev–Trinajstić information content (AvgIpc) is 2.31. The maximum absolute atomic E-state index is 11.3. The monoisotopic (exact) mass is 183 g/mol. The number of aryl methyl sites for hydroxylation is 1. The number of nitrogens with zero attached hydrogens (tertiary/aromatic N) is 2. The molecule has 2 heterocycles. The normalized spacial score (nSPS) is 10.8. The minimum Gasteiger partial charge on any atom is -0.323 e. The van der Waals surface area contributed by atoms with Gasteiger partial charge >= 0.3 is 0 Å². The average molecular weight is 184 g/mol. The zero-order chi connectivity index (χ0) is 8.72. The third-order valence-electron chi connectivity index (χ3n) is 1.59. The first-order chi connectivity index (χ1) is 5.68. The number of hydrogen-bond acceptors (Lipinski definition) is 2. The van der Waals surface area contributed by atoms with Crippen LogP contribution in [0.3, 0.4) is 0 Å². The molecule has 0 spiro atoms. The van der Waals surface area contributed by atoms with Gasteiger partial charge in [-0.25, -0.2) is 4.52 Å². The van der Waals surface area contributed by atoms with Gasteiger partial charge in [-0.3, -0.25) is 4.79 Å². The molecule has 4 nitrogen and oxygen atoms in total. The Morgan fingerprint density at radius 3 is 3.17 bits per heavy atom. The van der Waals surface area contributed by atoms with Crippen LogP contribution in [0.5, 0.6) is 0 Å². The SMILES string of the molecule is Cc1cn2ncc(Cl)c2c(=O)[nH]1. The van der Waals surface area contributed by atoms with E-state index < -0.39 is 0 Å². The predicted octanol–water partition coefficient (Wildman–Crippen LogP) is 0.984. The van der Waals surface area contributed by atoms with Crippen molar-refractivity contribution in [1.82, 2.24) is 14.6 Å². The van der Waals surface area contributed by atoms with Crippen molar-refractivity contribution in [3.8, 4) is 0 Å². The van der Waals surface area contributed by atoms with E-state index in [4.69, 9.17) is 11.6 Å². The molecule has 0 saturated carbocycles. The Bertz CT molecular complexity index is 485. The van der Waals surface area contributed by atoms with Crippen molar-refractivity contribution in [3.05, 3.63) is 33.5 Å². The van der Waals surface area contributed by atoms with E-state index in [0.29, 0.717) is 10.5 Å². The third kappa shape index (κ3) is 0.921. The second-order valence-electron chi connectivity index (χ2n) is 2.55. The molecule has 2 aromatic rings. The molecule has 62 valence electrons. The second kappa shape index (κ2) is 2.35. The molecule has 0 aliphatic rings. The first-order valence-corrected chi connectivity index (χ1v) is 3.79. The van der Waals surface area contributed by atoms with E-state index in [9.17, 15) is 4.79 Å². The van der Waals surface area contributed by atoms with Crippen LogP contribution in [0.2, 0.25) is 5.02 Å². The zero-order valence-corrected chi connectivity index (χ0v) is 7.09. The number of fused-ring (bicyclic) bond motifs is 1. The maximum Gasteiger partial charge on any atom is 0.275 e. The molecule has 0 unspecified atom stereocenters. The lowest BCUT2D eigenvalue weighted by atomic mass is 10.4. The maximum atomic E-state index is 11.3. The van der Waals surface area contributed by atoms with E-state index >= 15 is 0 Å². The van der Waals surface area contributed by atoms with E-state index in [1.54, 1.807) is 13.1 Å². The Kier molecular flexibility index (Phi) is 1.44. The van der Waals surface area contributed by atoms with Gasteiger partial charge in [-0.2, -0.15) is 5.10 Å². The molecule has 0 aliphatic carbocycles. The van der Waals surface area contributed by atoms with E-state index in [-0.39, 0.29) is 5.56 Å². The fraction of sp³-hybridized carbons (Fsp3) is 0.143. The summed E-state index contributed by atoms with van der Waals surface area (Å²) in [5.74, 6) is 0. The second-order valence-corrected chi connectivity index (χ2v) is 2.96. The van der Waals surface area contributed by atoms with Gasteiger partial charge < -0.3 is 4.98 Å². The summed E-state index contributed by atoms with van der Waals surface area (Å²) in [6.07, 6.45) is 3.16. The minimum atomic E-state index is -0.211. The van der Waals surface area contributed by atoms with Crippen molar-refractivity contribution >= 4 is 17.1 Å². The van der Waals surface area contributed by atoms with Crippen molar-refractivity contribution in [2.75, 3.05) is 0 Å². The van der Waals surface area contributed by atoms with Crippen LogP contribution in [0.15, 0.2) is 17.2 Å². The molecule has 0 fully saturated rings. The topological polar surface area (TPSA) is 50.2 Å². The third-order valence-corrected chi connectivity index (χ3v) is 1.87. The highest BCUT2D eigenvalue weighted by atomic mass is 35.5. The fourth-order valence-corrected chi connectivity index (χ4v) is 1.32. The minimum absolute atomic E-state index is 0.211. The smallest absolute Gasteiger partial charge is 0.275 e. The van der Waals surface area contributed by atoms with Crippen LogP contribution < -0.4 is 5.56 Å². The molecule has 0 atom stereocenters. The molecule has 0 aromatic carbocycles. The molecule has 0 saturated heterocycles. The van der Waals surface area contributed by atoms with Crippen LogP contribution in [-0.4, -0.2) is 14.6 Å². The molecular formula is C7H6ClN3O. The highest BCUT2D eigenvalue weighted by Gasteiger charge is 2.05. The van der Waals surface area contributed by atoms with Gasteiger partial charge in [-0.1, -0.05) is 11.6 Å². The Hall–Kier alpha value is -1.29. The molecular weight excluding hydrogens is 178 g/mol. The molecule has 1 N–H and O–H groups in total. The molecule has 0 radical (unpaired) electrons.